The lowest BCUT2D eigenvalue weighted by Crippen LogP contribution is -1.99. The molecule has 0 aliphatic heterocycles. The van der Waals surface area contributed by atoms with Gasteiger partial charge in [0, 0.05) is 11.8 Å². The van der Waals surface area contributed by atoms with Crippen LogP contribution in [0, 0.1) is 0 Å². The molecule has 0 aliphatic carbocycles. The van der Waals surface area contributed by atoms with Crippen LogP contribution in [0.25, 0.3) is 0 Å². The Labute approximate surface area is 64.5 Å². The van der Waals surface area contributed by atoms with E-state index in [0.717, 1.165) is 0 Å². The third kappa shape index (κ3) is 7.16. The highest BCUT2D eigenvalue weighted by Gasteiger charge is 1.95. The molecule has 0 N–H and O–H groups in total. The average molecular weight is 184 g/mol. The minimum absolute atomic E-state index is 0. The van der Waals surface area contributed by atoms with Crippen LogP contribution in [0.4, 0.5) is 0 Å². The summed E-state index contributed by atoms with van der Waals surface area (Å²) in [5, 5.41) is -0.0617. The molecule has 0 aromatic rings. The lowest BCUT2D eigenvalue weighted by atomic mass is 10.6. The first kappa shape index (κ1) is 11.0. The summed E-state index contributed by atoms with van der Waals surface area (Å²) in [4.78, 5) is 0. The third-order valence-corrected chi connectivity index (χ3v) is 1.70. The van der Waals surface area contributed by atoms with Gasteiger partial charge >= 0.3 is 0 Å². The predicted octanol–water partition coefficient (Wildman–Crippen LogP) is 2.49. The molecular weight excluding hydrogens is 178 g/mol. The molecule has 4 heteroatoms. The molecule has 0 bridgehead atoms. The van der Waals surface area contributed by atoms with E-state index in [1.807, 2.05) is 0 Å². The van der Waals surface area contributed by atoms with Gasteiger partial charge in [-0.15, -0.1) is 47.2 Å². The van der Waals surface area contributed by atoms with E-state index in [1.54, 1.807) is 0 Å². The fraction of sp³-hybridized carbons (Fsp3) is 1.00. The van der Waals surface area contributed by atoms with Gasteiger partial charge in [-0.1, -0.05) is 0 Å². The van der Waals surface area contributed by atoms with E-state index in [-0.39, 0.29) is 17.8 Å². The van der Waals surface area contributed by atoms with Gasteiger partial charge in [-0.25, -0.2) is 0 Å². The molecule has 0 rings (SSSR count). The Balaban J connectivity index is 0. The number of alkyl halides is 3. The minimum Gasteiger partial charge on any atom is -0.147 e. The van der Waals surface area contributed by atoms with Crippen molar-refractivity contribution >= 4 is 47.2 Å². The van der Waals surface area contributed by atoms with Gasteiger partial charge in [0.1, 0.15) is 0 Å². The van der Waals surface area contributed by atoms with E-state index >= 15 is 0 Å². The monoisotopic (exact) mass is 182 g/mol. The first-order chi connectivity index (χ1) is 2.81. The summed E-state index contributed by atoms with van der Waals surface area (Å²) in [5.74, 6) is 0.871. The summed E-state index contributed by atoms with van der Waals surface area (Å²) in [5.41, 5.74) is 0. The topological polar surface area (TPSA) is 0 Å². The van der Waals surface area contributed by atoms with Crippen molar-refractivity contribution in [3.05, 3.63) is 0 Å². The second kappa shape index (κ2) is 7.16. The highest BCUT2D eigenvalue weighted by molar-refractivity contribution is 6.32. The van der Waals surface area contributed by atoms with Gasteiger partial charge < -0.3 is 0 Å². The third-order valence-electron chi connectivity index (χ3n) is 0.335. The minimum atomic E-state index is -0.0617. The Hall–Kier alpha value is 1.16. The molecule has 0 saturated carbocycles. The SMILES string of the molecule is Cl.ClCC(Cl)CCl. The van der Waals surface area contributed by atoms with Gasteiger partial charge in [0.15, 0.2) is 0 Å². The van der Waals surface area contributed by atoms with Gasteiger partial charge in [0.05, 0.1) is 5.38 Å². The smallest absolute Gasteiger partial charge is 0.0606 e. The molecule has 0 unspecified atom stereocenters. The van der Waals surface area contributed by atoms with Crippen LogP contribution < -0.4 is 0 Å². The zero-order chi connectivity index (χ0) is 4.99. The molecule has 0 heterocycles. The van der Waals surface area contributed by atoms with Crippen molar-refractivity contribution < 1.29 is 0 Å². The molecule has 0 amide bonds. The van der Waals surface area contributed by atoms with Crippen molar-refractivity contribution in [1.82, 2.24) is 0 Å². The first-order valence-electron chi connectivity index (χ1n) is 1.57. The predicted molar refractivity (Wildman–Crippen MR) is 38.3 cm³/mol. The number of halogens is 4. The summed E-state index contributed by atoms with van der Waals surface area (Å²) < 4.78 is 0. The Bertz CT molecular complexity index is 26.1. The lowest BCUT2D eigenvalue weighted by molar-refractivity contribution is 1.12. The molecule has 0 fully saturated rings. The van der Waals surface area contributed by atoms with Crippen LogP contribution in [0.1, 0.15) is 0 Å². The van der Waals surface area contributed by atoms with E-state index in [1.165, 1.54) is 0 Å². The van der Waals surface area contributed by atoms with Crippen molar-refractivity contribution in [3.8, 4) is 0 Å². The maximum atomic E-state index is 5.39. The molecule has 0 spiro atoms. The second-order valence-corrected chi connectivity index (χ2v) is 2.14. The van der Waals surface area contributed by atoms with E-state index in [0.29, 0.717) is 11.8 Å². The van der Waals surface area contributed by atoms with E-state index < -0.39 is 0 Å². The average Bonchev–Trinajstić information content (AvgIpc) is 1.65. The van der Waals surface area contributed by atoms with Crippen molar-refractivity contribution in [2.45, 2.75) is 5.38 Å². The summed E-state index contributed by atoms with van der Waals surface area (Å²) in [6.45, 7) is 0. The van der Waals surface area contributed by atoms with Crippen LogP contribution >= 0.6 is 47.2 Å². The zero-order valence-electron chi connectivity index (χ0n) is 3.53. The first-order valence-corrected chi connectivity index (χ1v) is 3.07. The Morgan fingerprint density at radius 2 is 1.43 bits per heavy atom. The van der Waals surface area contributed by atoms with E-state index in [2.05, 4.69) is 0 Å². The van der Waals surface area contributed by atoms with Crippen LogP contribution in [-0.4, -0.2) is 17.1 Å². The molecule has 0 aromatic heterocycles. The van der Waals surface area contributed by atoms with Gasteiger partial charge in [-0.2, -0.15) is 0 Å². The quantitative estimate of drug-likeness (QED) is 0.578. The molecule has 46 valence electrons. The maximum absolute atomic E-state index is 5.39. The van der Waals surface area contributed by atoms with Crippen LogP contribution in [0.5, 0.6) is 0 Å². The normalized spacial score (nSPS) is 8.57. The number of rotatable bonds is 2. The van der Waals surface area contributed by atoms with Gasteiger partial charge in [0.25, 0.3) is 0 Å². The molecule has 0 nitrogen and oxygen atoms in total. The number of hydrogen-bond acceptors (Lipinski definition) is 0. The molecule has 0 atom stereocenters. The van der Waals surface area contributed by atoms with E-state index in [9.17, 15) is 0 Å². The van der Waals surface area contributed by atoms with E-state index in [4.69, 9.17) is 34.8 Å². The second-order valence-electron chi connectivity index (χ2n) is 0.906. The largest absolute Gasteiger partial charge is 0.147 e. The highest BCUT2D eigenvalue weighted by atomic mass is 35.5. The summed E-state index contributed by atoms with van der Waals surface area (Å²) in [7, 11) is 0. The van der Waals surface area contributed by atoms with Gasteiger partial charge in [-0.3, -0.25) is 0 Å². The fourth-order valence-electron chi connectivity index (χ4n) is 0.0412. The van der Waals surface area contributed by atoms with Crippen molar-refractivity contribution in [1.29, 1.82) is 0 Å². The van der Waals surface area contributed by atoms with Crippen molar-refractivity contribution in [2.75, 3.05) is 11.8 Å². The van der Waals surface area contributed by atoms with Crippen LogP contribution in [0.3, 0.4) is 0 Å². The maximum Gasteiger partial charge on any atom is 0.0606 e. The number of hydrogen-bond donors (Lipinski definition) is 0. The summed E-state index contributed by atoms with van der Waals surface area (Å²) in [6.07, 6.45) is 0. The Morgan fingerprint density at radius 1 is 1.14 bits per heavy atom. The summed E-state index contributed by atoms with van der Waals surface area (Å²) >= 11 is 15.9. The van der Waals surface area contributed by atoms with Crippen molar-refractivity contribution in [2.24, 2.45) is 0 Å². The Kier molecular flexibility index (Phi) is 11.3. The molecule has 7 heavy (non-hydrogen) atoms. The highest BCUT2D eigenvalue weighted by Crippen LogP contribution is 1.99. The molecule has 0 aromatic carbocycles. The Morgan fingerprint density at radius 3 is 1.43 bits per heavy atom. The zero-order valence-corrected chi connectivity index (χ0v) is 6.62. The summed E-state index contributed by atoms with van der Waals surface area (Å²) in [6, 6.07) is 0. The molecule has 0 radical (unpaired) electrons. The van der Waals surface area contributed by atoms with Crippen molar-refractivity contribution in [3.63, 3.8) is 0 Å². The van der Waals surface area contributed by atoms with Gasteiger partial charge in [0.2, 0.25) is 0 Å². The fourth-order valence-corrected chi connectivity index (χ4v) is 0.371. The molecule has 0 saturated heterocycles. The van der Waals surface area contributed by atoms with Crippen LogP contribution in [-0.2, 0) is 0 Å². The standard InChI is InChI=1S/C3H5Cl3.ClH/c4-1-3(6)2-5;/h3H,1-2H2;1H. The lowest BCUT2D eigenvalue weighted by Gasteiger charge is -1.92. The van der Waals surface area contributed by atoms with Crippen LogP contribution in [0.2, 0.25) is 0 Å². The molecule has 0 aliphatic rings. The molecular formula is C3H6Cl4. The van der Waals surface area contributed by atoms with Crippen LogP contribution in [0.15, 0.2) is 0 Å². The van der Waals surface area contributed by atoms with Gasteiger partial charge in [-0.05, 0) is 0 Å².